The van der Waals surface area contributed by atoms with Crippen molar-refractivity contribution in [3.63, 3.8) is 0 Å². The summed E-state index contributed by atoms with van der Waals surface area (Å²) in [6, 6.07) is 11.5. The molecular weight excluding hydrogens is 456 g/mol. The van der Waals surface area contributed by atoms with Gasteiger partial charge in [0.25, 0.3) is 0 Å². The summed E-state index contributed by atoms with van der Waals surface area (Å²) in [6.45, 7) is 0. The Morgan fingerprint density at radius 2 is 1.38 bits per heavy atom. The van der Waals surface area contributed by atoms with Crippen molar-refractivity contribution in [2.24, 2.45) is 5.41 Å². The molecule has 9 heteroatoms. The average Bonchev–Trinajstić information content (AvgIpc) is 3.19. The third-order valence-electron chi connectivity index (χ3n) is 5.60. The lowest BCUT2D eigenvalue weighted by Gasteiger charge is -2.23. The van der Waals surface area contributed by atoms with Gasteiger partial charge in [0.15, 0.2) is 15.3 Å². The van der Waals surface area contributed by atoms with Gasteiger partial charge in [0.1, 0.15) is 5.75 Å². The number of ether oxygens (including phenoxy) is 3. The summed E-state index contributed by atoms with van der Waals surface area (Å²) in [5.41, 5.74) is 1.22. The number of rotatable bonds is 6. The molecule has 0 saturated heterocycles. The molecule has 3 rings (SSSR count). The van der Waals surface area contributed by atoms with E-state index < -0.39 is 27.2 Å². The predicted molar refractivity (Wildman–Crippen MR) is 120 cm³/mol. The van der Waals surface area contributed by atoms with Crippen molar-refractivity contribution in [3.8, 4) is 5.75 Å². The maximum absolute atomic E-state index is 12.8. The van der Waals surface area contributed by atoms with Crippen molar-refractivity contribution in [2.45, 2.75) is 17.7 Å². The van der Waals surface area contributed by atoms with E-state index in [1.807, 2.05) is 0 Å². The minimum atomic E-state index is -3.38. The monoisotopic (exact) mass is 478 g/mol. The smallest absolute Gasteiger partial charge is 0.323 e. The number of allylic oxidation sites excluding steroid dienone is 2. The fraction of sp³-hybridized carbons (Fsp3) is 0.304. The zero-order valence-electron chi connectivity index (χ0n) is 18.1. The fourth-order valence-corrected chi connectivity index (χ4v) is 4.84. The lowest BCUT2D eigenvalue weighted by Crippen LogP contribution is -2.39. The van der Waals surface area contributed by atoms with Crippen molar-refractivity contribution < 1.29 is 32.2 Å². The highest BCUT2D eigenvalue weighted by Gasteiger charge is 2.53. The van der Waals surface area contributed by atoms with Crippen LogP contribution >= 0.6 is 11.6 Å². The molecule has 2 aromatic rings. The second-order valence-electron chi connectivity index (χ2n) is 7.52. The maximum atomic E-state index is 12.8. The minimum Gasteiger partial charge on any atom is -0.495 e. The summed E-state index contributed by atoms with van der Waals surface area (Å²) in [7, 11) is 0.565. The molecule has 0 aromatic heterocycles. The molecule has 0 fully saturated rings. The number of benzene rings is 2. The first-order valence-electron chi connectivity index (χ1n) is 9.60. The Morgan fingerprint density at radius 3 is 1.81 bits per heavy atom. The van der Waals surface area contributed by atoms with Gasteiger partial charge in [0.05, 0.1) is 31.2 Å². The first-order chi connectivity index (χ1) is 15.1. The van der Waals surface area contributed by atoms with Crippen molar-refractivity contribution in [1.82, 2.24) is 0 Å². The Hall–Kier alpha value is -2.84. The van der Waals surface area contributed by atoms with Crippen LogP contribution in [0.2, 0.25) is 5.02 Å². The number of halogens is 1. The molecule has 1 aliphatic carbocycles. The van der Waals surface area contributed by atoms with E-state index in [9.17, 15) is 18.0 Å². The average molecular weight is 479 g/mol. The highest BCUT2D eigenvalue weighted by molar-refractivity contribution is 7.90. The molecule has 0 radical (unpaired) electrons. The van der Waals surface area contributed by atoms with Crippen LogP contribution < -0.4 is 4.74 Å². The van der Waals surface area contributed by atoms with E-state index >= 15 is 0 Å². The van der Waals surface area contributed by atoms with E-state index in [1.54, 1.807) is 30.3 Å². The second kappa shape index (κ2) is 8.96. The van der Waals surface area contributed by atoms with E-state index in [2.05, 4.69) is 0 Å². The van der Waals surface area contributed by atoms with E-state index in [0.717, 1.165) is 6.26 Å². The number of carbonyl (C=O) groups is 2. The quantitative estimate of drug-likeness (QED) is 0.460. The van der Waals surface area contributed by atoms with E-state index in [1.165, 1.54) is 33.5 Å². The number of methoxy groups -OCH3 is 3. The number of carbonyl (C=O) groups excluding carboxylic acids is 2. The van der Waals surface area contributed by atoms with Crippen LogP contribution in [0.1, 0.15) is 24.0 Å². The van der Waals surface area contributed by atoms with Crippen LogP contribution in [0.15, 0.2) is 47.4 Å². The summed E-state index contributed by atoms with van der Waals surface area (Å²) >= 11 is 6.33. The predicted octanol–water partition coefficient (Wildman–Crippen LogP) is 3.79. The van der Waals surface area contributed by atoms with Crippen LogP contribution in [-0.2, 0) is 28.9 Å². The van der Waals surface area contributed by atoms with Gasteiger partial charge in [0, 0.05) is 19.1 Å². The molecule has 7 nitrogen and oxygen atoms in total. The Morgan fingerprint density at radius 1 is 0.875 bits per heavy atom. The lowest BCUT2D eigenvalue weighted by molar-refractivity contribution is -0.167. The zero-order chi connectivity index (χ0) is 23.7. The lowest BCUT2D eigenvalue weighted by atomic mass is 9.82. The van der Waals surface area contributed by atoms with Gasteiger partial charge < -0.3 is 14.2 Å². The number of esters is 2. The van der Waals surface area contributed by atoms with Crippen molar-refractivity contribution in [1.29, 1.82) is 0 Å². The first kappa shape index (κ1) is 23.8. The molecule has 0 bridgehead atoms. The summed E-state index contributed by atoms with van der Waals surface area (Å²) in [4.78, 5) is 25.7. The molecule has 0 atom stereocenters. The second-order valence-corrected chi connectivity index (χ2v) is 9.94. The Balaban J connectivity index is 2.20. The van der Waals surface area contributed by atoms with Gasteiger partial charge in [0.2, 0.25) is 0 Å². The van der Waals surface area contributed by atoms with Crippen LogP contribution in [0.25, 0.3) is 11.1 Å². The third kappa shape index (κ3) is 4.25. The van der Waals surface area contributed by atoms with Crippen molar-refractivity contribution >= 4 is 44.5 Å². The highest BCUT2D eigenvalue weighted by Crippen LogP contribution is 2.52. The molecular formula is C23H23ClO7S. The van der Waals surface area contributed by atoms with E-state index in [0.29, 0.717) is 33.0 Å². The van der Waals surface area contributed by atoms with Crippen molar-refractivity contribution in [3.05, 3.63) is 58.6 Å². The molecule has 170 valence electrons. The molecule has 2 aromatic carbocycles. The van der Waals surface area contributed by atoms with Gasteiger partial charge in [-0.2, -0.15) is 0 Å². The normalized spacial score (nSPS) is 15.4. The van der Waals surface area contributed by atoms with E-state index in [4.69, 9.17) is 25.8 Å². The summed E-state index contributed by atoms with van der Waals surface area (Å²) < 4.78 is 38.8. The Labute approximate surface area is 191 Å². The fourth-order valence-electron chi connectivity index (χ4n) is 3.95. The van der Waals surface area contributed by atoms with Gasteiger partial charge >= 0.3 is 11.9 Å². The van der Waals surface area contributed by atoms with Gasteiger partial charge in [-0.1, -0.05) is 29.8 Å². The molecule has 0 unspecified atom stereocenters. The number of hydrogen-bond donors (Lipinski definition) is 0. The SMILES string of the molecule is COC(=O)C1(C(=O)OC)CC(c2ccc(S(C)(=O)=O)cc2)=C(c2ccc(OC)c(Cl)c2)C1. The maximum Gasteiger partial charge on any atom is 0.323 e. The molecule has 1 aliphatic rings. The van der Waals surface area contributed by atoms with E-state index in [-0.39, 0.29) is 17.7 Å². The zero-order valence-corrected chi connectivity index (χ0v) is 19.7. The van der Waals surface area contributed by atoms with Crippen LogP contribution in [0.5, 0.6) is 5.75 Å². The summed E-state index contributed by atoms with van der Waals surface area (Å²) in [5.74, 6) is -0.923. The summed E-state index contributed by atoms with van der Waals surface area (Å²) in [6.07, 6.45) is 1.20. The molecule has 0 spiro atoms. The standard InChI is InChI=1S/C23H23ClO7S/c1-29-20-10-7-15(11-19(20)24)18-13-23(21(25)30-2,22(26)31-3)12-17(18)14-5-8-16(9-6-14)32(4,27)28/h5-11H,12-13H2,1-4H3. The van der Waals surface area contributed by atoms with Gasteiger partial charge in [-0.05, 0) is 46.5 Å². The number of sulfone groups is 1. The van der Waals surface area contributed by atoms with Crippen LogP contribution in [0.3, 0.4) is 0 Å². The van der Waals surface area contributed by atoms with Crippen LogP contribution in [0.4, 0.5) is 0 Å². The molecule has 0 N–H and O–H groups in total. The van der Waals surface area contributed by atoms with Gasteiger partial charge in [-0.25, -0.2) is 8.42 Å². The topological polar surface area (TPSA) is 96.0 Å². The Bertz CT molecular complexity index is 1180. The molecule has 32 heavy (non-hydrogen) atoms. The largest absolute Gasteiger partial charge is 0.495 e. The van der Waals surface area contributed by atoms with Crippen LogP contribution in [0, 0.1) is 5.41 Å². The minimum absolute atomic E-state index is 0.0313. The van der Waals surface area contributed by atoms with Gasteiger partial charge in [-0.3, -0.25) is 9.59 Å². The molecule has 0 amide bonds. The molecule has 0 aliphatic heterocycles. The van der Waals surface area contributed by atoms with Crippen molar-refractivity contribution in [2.75, 3.05) is 27.6 Å². The Kier molecular flexibility index (Phi) is 6.67. The molecule has 0 saturated carbocycles. The first-order valence-corrected chi connectivity index (χ1v) is 11.9. The third-order valence-corrected chi connectivity index (χ3v) is 7.03. The van der Waals surface area contributed by atoms with Gasteiger partial charge in [-0.15, -0.1) is 0 Å². The number of hydrogen-bond acceptors (Lipinski definition) is 7. The summed E-state index contributed by atoms with van der Waals surface area (Å²) in [5, 5.41) is 0.373. The molecule has 0 heterocycles. The highest BCUT2D eigenvalue weighted by atomic mass is 35.5. The van der Waals surface area contributed by atoms with Crippen LogP contribution in [-0.4, -0.2) is 47.9 Å².